The maximum Gasteiger partial charge on any atom is 0.140 e. The van der Waals surface area contributed by atoms with E-state index in [1.165, 1.54) is 0 Å². The first kappa shape index (κ1) is 13.5. The smallest absolute Gasteiger partial charge is 0.140 e. The van der Waals surface area contributed by atoms with E-state index >= 15 is 0 Å². The molecular formula is C14H19NO2. The Morgan fingerprint density at radius 2 is 2.24 bits per heavy atom. The topological polar surface area (TPSA) is 53.2 Å². The summed E-state index contributed by atoms with van der Waals surface area (Å²) in [5, 5.41) is 17.9. The Hall–Kier alpha value is -1.53. The van der Waals surface area contributed by atoms with Gasteiger partial charge in [0, 0.05) is 0 Å². The number of ether oxygens (including phenoxy) is 1. The summed E-state index contributed by atoms with van der Waals surface area (Å²) >= 11 is 0. The van der Waals surface area contributed by atoms with Crippen LogP contribution in [-0.2, 0) is 0 Å². The quantitative estimate of drug-likeness (QED) is 0.822. The second kappa shape index (κ2) is 6.93. The van der Waals surface area contributed by atoms with E-state index in [9.17, 15) is 0 Å². The van der Waals surface area contributed by atoms with Crippen molar-refractivity contribution in [1.29, 1.82) is 5.26 Å². The summed E-state index contributed by atoms with van der Waals surface area (Å²) in [6.07, 6.45) is 2.15. The molecule has 3 heteroatoms. The third-order valence-corrected chi connectivity index (χ3v) is 2.76. The van der Waals surface area contributed by atoms with Crippen LogP contribution in [0.2, 0.25) is 0 Å². The highest BCUT2D eigenvalue weighted by Crippen LogP contribution is 2.32. The molecule has 1 aromatic rings. The molecule has 0 aliphatic carbocycles. The molecule has 17 heavy (non-hydrogen) atoms. The first-order valence-corrected chi connectivity index (χ1v) is 6.01. The minimum Gasteiger partial charge on any atom is -0.490 e. The van der Waals surface area contributed by atoms with Gasteiger partial charge in [0.25, 0.3) is 0 Å². The van der Waals surface area contributed by atoms with Crippen molar-refractivity contribution in [3.8, 4) is 11.8 Å². The number of aliphatic hydroxyl groups is 1. The van der Waals surface area contributed by atoms with E-state index in [0.29, 0.717) is 17.2 Å². The Labute approximate surface area is 103 Å². The number of nitrogens with zero attached hydrogens (tertiary/aromatic N) is 1. The molecule has 0 spiro atoms. The lowest BCUT2D eigenvalue weighted by Crippen LogP contribution is -2.07. The van der Waals surface area contributed by atoms with Gasteiger partial charge in [-0.2, -0.15) is 5.26 Å². The average molecular weight is 233 g/mol. The van der Waals surface area contributed by atoms with Gasteiger partial charge < -0.3 is 9.84 Å². The van der Waals surface area contributed by atoms with Gasteiger partial charge in [-0.1, -0.05) is 32.4 Å². The molecule has 1 atom stereocenters. The second-order valence-corrected chi connectivity index (χ2v) is 4.10. The fraction of sp³-hybridized carbons (Fsp3) is 0.500. The number of nitriles is 1. The largest absolute Gasteiger partial charge is 0.490 e. The minimum atomic E-state index is -0.0403. The summed E-state index contributed by atoms with van der Waals surface area (Å²) in [6.45, 7) is 4.45. The van der Waals surface area contributed by atoms with Crippen molar-refractivity contribution in [3.05, 3.63) is 29.3 Å². The molecule has 0 fully saturated rings. The molecule has 1 unspecified atom stereocenters. The third-order valence-electron chi connectivity index (χ3n) is 2.76. The monoisotopic (exact) mass is 233 g/mol. The zero-order valence-corrected chi connectivity index (χ0v) is 10.4. The molecule has 1 aromatic carbocycles. The molecule has 92 valence electrons. The highest BCUT2D eigenvalue weighted by molar-refractivity contribution is 5.49. The van der Waals surface area contributed by atoms with Gasteiger partial charge in [0.15, 0.2) is 0 Å². The van der Waals surface area contributed by atoms with Gasteiger partial charge in [0.1, 0.15) is 18.4 Å². The van der Waals surface area contributed by atoms with Crippen LogP contribution < -0.4 is 4.74 Å². The van der Waals surface area contributed by atoms with Crippen LogP contribution in [0.1, 0.15) is 43.7 Å². The molecule has 0 saturated carbocycles. The number of benzene rings is 1. The Morgan fingerprint density at radius 3 is 2.82 bits per heavy atom. The van der Waals surface area contributed by atoms with Crippen molar-refractivity contribution in [2.75, 3.05) is 13.2 Å². The highest BCUT2D eigenvalue weighted by atomic mass is 16.5. The van der Waals surface area contributed by atoms with E-state index in [1.807, 2.05) is 12.1 Å². The molecule has 0 aromatic heterocycles. The van der Waals surface area contributed by atoms with Crippen LogP contribution in [0.4, 0.5) is 0 Å². The summed E-state index contributed by atoms with van der Waals surface area (Å²) < 4.78 is 5.50. The molecule has 0 amide bonds. The SMILES string of the molecule is CCCC(C)c1cccc(C#N)c1OCCO. The number of rotatable bonds is 6. The molecule has 0 radical (unpaired) electrons. The minimum absolute atomic E-state index is 0.0403. The Bertz CT molecular complexity index is 396. The summed E-state index contributed by atoms with van der Waals surface area (Å²) in [5.41, 5.74) is 1.60. The second-order valence-electron chi connectivity index (χ2n) is 4.10. The molecule has 1 rings (SSSR count). The molecule has 1 N–H and O–H groups in total. The number of aliphatic hydroxyl groups excluding tert-OH is 1. The van der Waals surface area contributed by atoms with Crippen molar-refractivity contribution in [3.63, 3.8) is 0 Å². The predicted octanol–water partition coefficient (Wildman–Crippen LogP) is 2.83. The third kappa shape index (κ3) is 3.47. The lowest BCUT2D eigenvalue weighted by molar-refractivity contribution is 0.199. The van der Waals surface area contributed by atoms with Crippen molar-refractivity contribution in [1.82, 2.24) is 0 Å². The standard InChI is InChI=1S/C14H19NO2/c1-3-5-11(2)13-7-4-6-12(10-15)14(13)17-9-8-16/h4,6-7,11,16H,3,5,8-9H2,1-2H3. The van der Waals surface area contributed by atoms with Gasteiger partial charge in [-0.15, -0.1) is 0 Å². The average Bonchev–Trinajstić information content (AvgIpc) is 2.36. The molecule has 0 bridgehead atoms. The van der Waals surface area contributed by atoms with Gasteiger partial charge >= 0.3 is 0 Å². The van der Waals surface area contributed by atoms with Crippen molar-refractivity contribution in [2.24, 2.45) is 0 Å². The van der Waals surface area contributed by atoms with Crippen molar-refractivity contribution < 1.29 is 9.84 Å². The first-order valence-electron chi connectivity index (χ1n) is 6.01. The van der Waals surface area contributed by atoms with Gasteiger partial charge in [0.2, 0.25) is 0 Å². The van der Waals surface area contributed by atoms with Crippen LogP contribution in [0, 0.1) is 11.3 Å². The zero-order valence-electron chi connectivity index (χ0n) is 10.4. The molecule has 3 nitrogen and oxygen atoms in total. The summed E-state index contributed by atoms with van der Waals surface area (Å²) in [7, 11) is 0. The molecule has 0 saturated heterocycles. The van der Waals surface area contributed by atoms with Crippen LogP contribution in [0.15, 0.2) is 18.2 Å². The number of para-hydroxylation sites is 1. The van der Waals surface area contributed by atoms with Crippen LogP contribution >= 0.6 is 0 Å². The molecule has 0 aliphatic heterocycles. The fourth-order valence-corrected chi connectivity index (χ4v) is 1.93. The predicted molar refractivity (Wildman–Crippen MR) is 67.1 cm³/mol. The summed E-state index contributed by atoms with van der Waals surface area (Å²) in [5.74, 6) is 0.993. The Morgan fingerprint density at radius 1 is 1.47 bits per heavy atom. The lowest BCUT2D eigenvalue weighted by Gasteiger charge is -2.17. The molecule has 0 heterocycles. The van der Waals surface area contributed by atoms with E-state index in [4.69, 9.17) is 15.1 Å². The summed E-state index contributed by atoms with van der Waals surface area (Å²) in [4.78, 5) is 0. The number of hydrogen-bond donors (Lipinski definition) is 1. The van der Waals surface area contributed by atoms with Gasteiger partial charge in [0.05, 0.1) is 12.2 Å². The zero-order chi connectivity index (χ0) is 12.7. The highest BCUT2D eigenvalue weighted by Gasteiger charge is 2.14. The van der Waals surface area contributed by atoms with E-state index in [-0.39, 0.29) is 13.2 Å². The van der Waals surface area contributed by atoms with Crippen LogP contribution in [0.3, 0.4) is 0 Å². The summed E-state index contributed by atoms with van der Waals surface area (Å²) in [6, 6.07) is 7.75. The van der Waals surface area contributed by atoms with Crippen LogP contribution in [0.5, 0.6) is 5.75 Å². The molecule has 0 aliphatic rings. The Kier molecular flexibility index (Phi) is 5.51. The van der Waals surface area contributed by atoms with Gasteiger partial charge in [-0.25, -0.2) is 0 Å². The van der Waals surface area contributed by atoms with E-state index in [1.54, 1.807) is 6.07 Å². The number of hydrogen-bond acceptors (Lipinski definition) is 3. The van der Waals surface area contributed by atoms with Crippen molar-refractivity contribution in [2.45, 2.75) is 32.6 Å². The van der Waals surface area contributed by atoms with Crippen molar-refractivity contribution >= 4 is 0 Å². The lowest BCUT2D eigenvalue weighted by atomic mass is 9.94. The normalized spacial score (nSPS) is 11.9. The van der Waals surface area contributed by atoms with Gasteiger partial charge in [-0.05, 0) is 24.0 Å². The Balaban J connectivity index is 3.06. The first-order chi connectivity index (χ1) is 8.24. The maximum atomic E-state index is 9.06. The van der Waals surface area contributed by atoms with Crippen LogP contribution in [0.25, 0.3) is 0 Å². The van der Waals surface area contributed by atoms with E-state index in [0.717, 1.165) is 18.4 Å². The van der Waals surface area contributed by atoms with Crippen LogP contribution in [-0.4, -0.2) is 18.3 Å². The fourth-order valence-electron chi connectivity index (χ4n) is 1.93. The maximum absolute atomic E-state index is 9.06. The molecular weight excluding hydrogens is 214 g/mol. The van der Waals surface area contributed by atoms with E-state index in [2.05, 4.69) is 19.9 Å². The van der Waals surface area contributed by atoms with E-state index < -0.39 is 0 Å². The van der Waals surface area contributed by atoms with Gasteiger partial charge in [-0.3, -0.25) is 0 Å².